The summed E-state index contributed by atoms with van der Waals surface area (Å²) >= 11 is 6.49. The number of fused-ring (bicyclic) bond motifs is 1. The lowest BCUT2D eigenvalue weighted by molar-refractivity contribution is 0.276. The predicted molar refractivity (Wildman–Crippen MR) is 162 cm³/mol. The Morgan fingerprint density at radius 2 is 1.86 bits per heavy atom. The summed E-state index contributed by atoms with van der Waals surface area (Å²) in [7, 11) is 1.46. The molecule has 0 bridgehead atoms. The van der Waals surface area contributed by atoms with Gasteiger partial charge in [0.15, 0.2) is 5.88 Å². The second-order valence-corrected chi connectivity index (χ2v) is 12.2. The van der Waals surface area contributed by atoms with E-state index in [1.165, 1.54) is 32.7 Å². The Labute approximate surface area is 247 Å². The monoisotopic (exact) mass is 610 g/mol. The molecule has 0 aliphatic rings. The molecule has 0 aliphatic heterocycles. The van der Waals surface area contributed by atoms with Crippen LogP contribution in [0.5, 0.6) is 5.75 Å². The Hall–Kier alpha value is -3.95. The quantitative estimate of drug-likeness (QED) is 0.141. The first-order valence-electron chi connectivity index (χ1n) is 13.0. The van der Waals surface area contributed by atoms with E-state index < -0.39 is 7.60 Å². The molecule has 0 fully saturated rings. The highest BCUT2D eigenvalue weighted by atomic mass is 35.5. The molecule has 3 aromatic carbocycles. The molecule has 0 radical (unpaired) electrons. The number of aromatic nitrogens is 2. The van der Waals surface area contributed by atoms with Gasteiger partial charge in [-0.3, -0.25) is 4.57 Å². The van der Waals surface area contributed by atoms with Crippen molar-refractivity contribution in [2.45, 2.75) is 6.61 Å². The molecule has 0 saturated carbocycles. The second kappa shape index (κ2) is 12.9. The fourth-order valence-corrected chi connectivity index (χ4v) is 5.55. The summed E-state index contributed by atoms with van der Waals surface area (Å²) in [6, 6.07) is 21.0. The molecule has 0 aliphatic carbocycles. The average Bonchev–Trinajstić information content (AvgIpc) is 3.50. The van der Waals surface area contributed by atoms with Gasteiger partial charge in [0.1, 0.15) is 36.1 Å². The standard InChI is InChI=1S/C30H29ClFN4O5P/c1-36(13-14-42(37,38-2)39-3)29-12-11-27(41-29)21-7-9-26-24(16-21)30(34-19-33-26)35-23-8-10-28(25(31)17-23)40-18-20-5-4-6-22(32)15-20/h4-12,15-17,19H,13-14,18H2,1-3H3,(H,33,34,35). The molecule has 5 rings (SSSR count). The van der Waals surface area contributed by atoms with Gasteiger partial charge in [-0.2, -0.15) is 0 Å². The number of nitrogens with zero attached hydrogens (tertiary/aromatic N) is 3. The maximum absolute atomic E-state index is 13.5. The average molecular weight is 611 g/mol. The smallest absolute Gasteiger partial charge is 0.331 e. The van der Waals surface area contributed by atoms with Crippen molar-refractivity contribution < 1.29 is 27.2 Å². The zero-order valence-corrected chi connectivity index (χ0v) is 24.9. The van der Waals surface area contributed by atoms with Crippen molar-refractivity contribution in [2.75, 3.05) is 44.2 Å². The van der Waals surface area contributed by atoms with Crippen molar-refractivity contribution in [1.82, 2.24) is 9.97 Å². The van der Waals surface area contributed by atoms with Gasteiger partial charge in [-0.25, -0.2) is 14.4 Å². The van der Waals surface area contributed by atoms with E-state index >= 15 is 0 Å². The van der Waals surface area contributed by atoms with Gasteiger partial charge >= 0.3 is 7.60 Å². The molecule has 0 saturated heterocycles. The summed E-state index contributed by atoms with van der Waals surface area (Å²) in [6.45, 7) is 0.609. The number of benzene rings is 3. The van der Waals surface area contributed by atoms with Crippen LogP contribution in [0.3, 0.4) is 0 Å². The summed E-state index contributed by atoms with van der Waals surface area (Å²) in [5, 5.41) is 4.49. The van der Waals surface area contributed by atoms with Gasteiger partial charge in [0.25, 0.3) is 0 Å². The van der Waals surface area contributed by atoms with Crippen molar-refractivity contribution in [2.24, 2.45) is 0 Å². The van der Waals surface area contributed by atoms with Crippen LogP contribution < -0.4 is 15.0 Å². The fraction of sp³-hybridized carbons (Fsp3) is 0.200. The van der Waals surface area contributed by atoms with Crippen LogP contribution >= 0.6 is 19.2 Å². The lowest BCUT2D eigenvalue weighted by Crippen LogP contribution is -2.21. The van der Waals surface area contributed by atoms with Gasteiger partial charge in [0.2, 0.25) is 0 Å². The largest absolute Gasteiger partial charge is 0.487 e. The molecule has 12 heteroatoms. The van der Waals surface area contributed by atoms with Gasteiger partial charge in [-0.05, 0) is 60.2 Å². The third-order valence-corrected chi connectivity index (χ3v) is 8.79. The summed E-state index contributed by atoms with van der Waals surface area (Å²) in [6.07, 6.45) is 1.71. The Morgan fingerprint density at radius 3 is 2.62 bits per heavy atom. The Kier molecular flexibility index (Phi) is 9.09. The van der Waals surface area contributed by atoms with Crippen LogP contribution in [0.4, 0.5) is 21.8 Å². The zero-order chi connectivity index (χ0) is 29.7. The second-order valence-electron chi connectivity index (χ2n) is 9.40. The Morgan fingerprint density at radius 1 is 1.02 bits per heavy atom. The molecule has 1 N–H and O–H groups in total. The first-order chi connectivity index (χ1) is 20.3. The van der Waals surface area contributed by atoms with Crippen molar-refractivity contribution in [3.8, 4) is 17.1 Å². The maximum Gasteiger partial charge on any atom is 0.331 e. The maximum atomic E-state index is 13.5. The lowest BCUT2D eigenvalue weighted by atomic mass is 10.1. The summed E-state index contributed by atoms with van der Waals surface area (Å²) in [5.41, 5.74) is 2.99. The summed E-state index contributed by atoms with van der Waals surface area (Å²) < 4.78 is 47.8. The molecule has 218 valence electrons. The van der Waals surface area contributed by atoms with E-state index in [4.69, 9.17) is 29.8 Å². The Balaban J connectivity index is 1.31. The van der Waals surface area contributed by atoms with Crippen LogP contribution in [0.1, 0.15) is 5.56 Å². The van der Waals surface area contributed by atoms with E-state index in [0.29, 0.717) is 46.0 Å². The van der Waals surface area contributed by atoms with E-state index in [1.807, 2.05) is 48.3 Å². The van der Waals surface area contributed by atoms with Crippen LogP contribution in [0.2, 0.25) is 5.02 Å². The van der Waals surface area contributed by atoms with Crippen molar-refractivity contribution in [1.29, 1.82) is 0 Å². The Bertz CT molecular complexity index is 1740. The molecule has 9 nitrogen and oxygen atoms in total. The van der Waals surface area contributed by atoms with Crippen LogP contribution in [-0.4, -0.2) is 43.9 Å². The third-order valence-electron chi connectivity index (χ3n) is 6.63. The van der Waals surface area contributed by atoms with Crippen LogP contribution in [0.15, 0.2) is 83.5 Å². The van der Waals surface area contributed by atoms with Crippen LogP contribution in [-0.2, 0) is 20.2 Å². The molecule has 0 atom stereocenters. The van der Waals surface area contributed by atoms with E-state index in [9.17, 15) is 8.96 Å². The number of rotatable bonds is 12. The van der Waals surface area contributed by atoms with Gasteiger partial charge in [-0.15, -0.1) is 0 Å². The number of hydrogen-bond acceptors (Lipinski definition) is 9. The molecular weight excluding hydrogens is 582 g/mol. The van der Waals surface area contributed by atoms with Crippen molar-refractivity contribution >= 4 is 47.5 Å². The minimum Gasteiger partial charge on any atom is -0.487 e. The number of furan rings is 1. The molecule has 42 heavy (non-hydrogen) atoms. The highest BCUT2D eigenvalue weighted by Crippen LogP contribution is 2.46. The van der Waals surface area contributed by atoms with Gasteiger partial charge in [-0.1, -0.05) is 23.7 Å². The highest BCUT2D eigenvalue weighted by molar-refractivity contribution is 7.53. The summed E-state index contributed by atoms with van der Waals surface area (Å²) in [4.78, 5) is 10.7. The van der Waals surface area contributed by atoms with E-state index in [0.717, 1.165) is 16.5 Å². The molecule has 2 heterocycles. The first-order valence-corrected chi connectivity index (χ1v) is 15.1. The SMILES string of the molecule is COP(=O)(CCN(C)c1ccc(-c2ccc3ncnc(Nc4ccc(OCc5cccc(F)c5)c(Cl)c4)c3c2)o1)OC. The number of anilines is 3. The van der Waals surface area contributed by atoms with Crippen molar-refractivity contribution in [3.05, 3.63) is 95.5 Å². The summed E-state index contributed by atoms with van der Waals surface area (Å²) in [5.74, 6) is 2.01. The molecule has 2 aromatic heterocycles. The topological polar surface area (TPSA) is 99.0 Å². The normalized spacial score (nSPS) is 11.5. The molecule has 0 unspecified atom stereocenters. The van der Waals surface area contributed by atoms with Crippen molar-refractivity contribution in [3.63, 3.8) is 0 Å². The van der Waals surface area contributed by atoms with Crippen LogP contribution in [0.25, 0.3) is 22.2 Å². The van der Waals surface area contributed by atoms with Crippen LogP contribution in [0, 0.1) is 5.82 Å². The van der Waals surface area contributed by atoms with Gasteiger partial charge < -0.3 is 28.4 Å². The number of ether oxygens (including phenoxy) is 1. The first kappa shape index (κ1) is 29.5. The number of halogens is 2. The molecular formula is C30H29ClFN4O5P. The van der Waals surface area contributed by atoms with E-state index in [1.54, 1.807) is 24.3 Å². The fourth-order valence-electron chi connectivity index (χ4n) is 4.26. The molecule has 0 spiro atoms. The molecule has 5 aromatic rings. The zero-order valence-electron chi connectivity index (χ0n) is 23.2. The minimum absolute atomic E-state index is 0.189. The van der Waals surface area contributed by atoms with E-state index in [2.05, 4.69) is 15.3 Å². The van der Waals surface area contributed by atoms with Gasteiger partial charge in [0.05, 0.1) is 16.7 Å². The van der Waals surface area contributed by atoms with E-state index in [-0.39, 0.29) is 18.6 Å². The van der Waals surface area contributed by atoms with Gasteiger partial charge in [0, 0.05) is 50.5 Å². The highest BCUT2D eigenvalue weighted by Gasteiger charge is 2.22. The number of nitrogens with one attached hydrogen (secondary N) is 1. The molecule has 0 amide bonds. The third kappa shape index (κ3) is 6.91. The minimum atomic E-state index is -3.12. The predicted octanol–water partition coefficient (Wildman–Crippen LogP) is 7.93. The lowest BCUT2D eigenvalue weighted by Gasteiger charge is -2.19. The number of hydrogen-bond donors (Lipinski definition) is 1.